The van der Waals surface area contributed by atoms with Gasteiger partial charge in [0.2, 0.25) is 11.6 Å². The van der Waals surface area contributed by atoms with Crippen molar-refractivity contribution in [2.75, 3.05) is 0 Å². The topological polar surface area (TPSA) is 41.4 Å². The Kier molecular flexibility index (Phi) is 4.06. The largest absolute Gasteiger partial charge is 0.493 e. The van der Waals surface area contributed by atoms with Gasteiger partial charge < -0.3 is 9.67 Å². The number of aryl methyl sites for hydroxylation is 1. The van der Waals surface area contributed by atoms with E-state index in [1.807, 2.05) is 43.6 Å². The standard InChI is InChI=1S/C25H21N3O/c1-17-14-20-15-18(12-13-28(20)24(17)19-8-4-3-5-9-19)16-26-23-21-10-6-7-11-22(21)27(2)25(23)29/h3-13,15-16H,14H2,1-2H3/p+1. The summed E-state index contributed by atoms with van der Waals surface area (Å²) < 4.78 is 4.03. The van der Waals surface area contributed by atoms with Crippen LogP contribution in [0.15, 0.2) is 83.5 Å². The predicted molar refractivity (Wildman–Crippen MR) is 117 cm³/mol. The van der Waals surface area contributed by atoms with Gasteiger partial charge in [0.25, 0.3) is 0 Å². The number of hydrogen-bond donors (Lipinski definition) is 1. The molecule has 1 N–H and O–H groups in total. The van der Waals surface area contributed by atoms with Crippen LogP contribution in [0.25, 0.3) is 16.6 Å². The van der Waals surface area contributed by atoms with Crippen molar-refractivity contribution >= 4 is 28.5 Å². The Morgan fingerprint density at radius 3 is 2.62 bits per heavy atom. The van der Waals surface area contributed by atoms with Gasteiger partial charge in [-0.1, -0.05) is 36.4 Å². The molecule has 0 radical (unpaired) electrons. The van der Waals surface area contributed by atoms with E-state index in [-0.39, 0.29) is 5.88 Å². The number of aromatic hydroxyl groups is 1. The first-order valence-electron chi connectivity index (χ1n) is 9.74. The molecule has 0 atom stereocenters. The van der Waals surface area contributed by atoms with E-state index in [4.69, 9.17) is 0 Å². The molecule has 0 saturated carbocycles. The van der Waals surface area contributed by atoms with Crippen molar-refractivity contribution in [3.8, 4) is 5.88 Å². The number of rotatable bonds is 3. The van der Waals surface area contributed by atoms with E-state index in [9.17, 15) is 5.11 Å². The van der Waals surface area contributed by atoms with Gasteiger partial charge in [-0.3, -0.25) is 0 Å². The smallest absolute Gasteiger partial charge is 0.218 e. The summed E-state index contributed by atoms with van der Waals surface area (Å²) in [6.07, 6.45) is 4.86. The van der Waals surface area contributed by atoms with Crippen molar-refractivity contribution < 1.29 is 9.67 Å². The van der Waals surface area contributed by atoms with Gasteiger partial charge in [0.1, 0.15) is 5.69 Å². The Labute approximate surface area is 169 Å². The Balaban J connectivity index is 1.51. The molecular formula is C25H22N3O+. The lowest BCUT2D eigenvalue weighted by molar-refractivity contribution is -0.582. The van der Waals surface area contributed by atoms with Gasteiger partial charge in [-0.2, -0.15) is 4.57 Å². The zero-order valence-electron chi connectivity index (χ0n) is 16.5. The molecule has 0 amide bonds. The maximum atomic E-state index is 10.5. The second kappa shape index (κ2) is 6.74. The molecule has 2 aromatic heterocycles. The summed E-state index contributed by atoms with van der Waals surface area (Å²) in [7, 11) is 1.85. The highest BCUT2D eigenvalue weighted by atomic mass is 16.3. The minimum Gasteiger partial charge on any atom is -0.493 e. The third-order valence-electron chi connectivity index (χ3n) is 5.59. The molecule has 0 spiro atoms. The maximum Gasteiger partial charge on any atom is 0.218 e. The highest BCUT2D eigenvalue weighted by molar-refractivity contribution is 5.97. The van der Waals surface area contributed by atoms with E-state index in [1.165, 1.54) is 22.5 Å². The third-order valence-corrected chi connectivity index (χ3v) is 5.59. The van der Waals surface area contributed by atoms with Crippen molar-refractivity contribution in [1.29, 1.82) is 0 Å². The lowest BCUT2D eigenvalue weighted by atomic mass is 10.1. The number of aromatic nitrogens is 2. The molecule has 1 aliphatic rings. The van der Waals surface area contributed by atoms with Crippen LogP contribution in [0.5, 0.6) is 5.88 Å². The van der Waals surface area contributed by atoms with E-state index in [0.717, 1.165) is 22.9 Å². The van der Waals surface area contributed by atoms with Crippen LogP contribution in [0.2, 0.25) is 0 Å². The molecule has 29 heavy (non-hydrogen) atoms. The average Bonchev–Trinajstić information content (AvgIpc) is 3.20. The number of aliphatic imine (C=N–C) groups is 1. The summed E-state index contributed by atoms with van der Waals surface area (Å²) in [6.45, 7) is 2.19. The maximum absolute atomic E-state index is 10.5. The van der Waals surface area contributed by atoms with Gasteiger partial charge in [0.15, 0.2) is 11.9 Å². The number of hydrogen-bond acceptors (Lipinski definition) is 2. The van der Waals surface area contributed by atoms with E-state index in [1.54, 1.807) is 4.57 Å². The lowest BCUT2D eigenvalue weighted by Gasteiger charge is -2.01. The predicted octanol–water partition coefficient (Wildman–Crippen LogP) is 4.76. The Morgan fingerprint density at radius 2 is 1.79 bits per heavy atom. The quantitative estimate of drug-likeness (QED) is 0.404. The number of nitrogens with zero attached hydrogens (tertiary/aromatic N) is 3. The minimum atomic E-state index is 0.182. The van der Waals surface area contributed by atoms with Gasteiger partial charge in [-0.25, -0.2) is 4.99 Å². The first-order chi connectivity index (χ1) is 14.1. The van der Waals surface area contributed by atoms with Gasteiger partial charge in [0.05, 0.1) is 11.9 Å². The summed E-state index contributed by atoms with van der Waals surface area (Å²) in [6, 6.07) is 22.6. The van der Waals surface area contributed by atoms with Crippen LogP contribution in [-0.4, -0.2) is 15.9 Å². The van der Waals surface area contributed by atoms with Gasteiger partial charge >= 0.3 is 0 Å². The number of pyridine rings is 1. The summed E-state index contributed by atoms with van der Waals surface area (Å²) >= 11 is 0. The number of benzene rings is 2. The van der Waals surface area contributed by atoms with Gasteiger partial charge in [-0.15, -0.1) is 0 Å². The van der Waals surface area contributed by atoms with Crippen molar-refractivity contribution in [2.45, 2.75) is 13.3 Å². The number of para-hydroxylation sites is 1. The molecule has 4 heteroatoms. The number of fused-ring (bicyclic) bond motifs is 2. The van der Waals surface area contributed by atoms with Crippen LogP contribution in [0.1, 0.15) is 23.7 Å². The normalized spacial score (nSPS) is 13.6. The summed E-state index contributed by atoms with van der Waals surface area (Å²) in [5.41, 5.74) is 7.69. The van der Waals surface area contributed by atoms with Crippen LogP contribution < -0.4 is 4.57 Å². The Hall–Kier alpha value is -3.66. The molecular weight excluding hydrogens is 358 g/mol. The van der Waals surface area contributed by atoms with Crippen LogP contribution in [0, 0.1) is 0 Å². The van der Waals surface area contributed by atoms with E-state index >= 15 is 0 Å². The second-order valence-corrected chi connectivity index (χ2v) is 7.50. The molecule has 4 nitrogen and oxygen atoms in total. The first kappa shape index (κ1) is 17.4. The second-order valence-electron chi connectivity index (χ2n) is 7.50. The first-order valence-corrected chi connectivity index (χ1v) is 9.74. The van der Waals surface area contributed by atoms with E-state index in [0.29, 0.717) is 5.69 Å². The van der Waals surface area contributed by atoms with Gasteiger partial charge in [0, 0.05) is 47.5 Å². The van der Waals surface area contributed by atoms with Crippen molar-refractivity contribution in [2.24, 2.45) is 12.0 Å². The summed E-state index contributed by atoms with van der Waals surface area (Å²) in [5, 5.41) is 11.4. The minimum absolute atomic E-state index is 0.182. The van der Waals surface area contributed by atoms with E-state index in [2.05, 4.69) is 59.1 Å². The highest BCUT2D eigenvalue weighted by Crippen LogP contribution is 2.37. The number of allylic oxidation sites excluding steroid dienone is 1. The molecule has 0 aliphatic carbocycles. The SMILES string of the molecule is CC1=C(c2ccccc2)[n+]2ccc(C=Nc3c(O)n(C)c4ccccc34)cc2C1. The molecule has 0 bridgehead atoms. The third kappa shape index (κ3) is 2.85. The monoisotopic (exact) mass is 380 g/mol. The zero-order valence-corrected chi connectivity index (χ0v) is 16.5. The van der Waals surface area contributed by atoms with Crippen molar-refractivity contribution in [1.82, 2.24) is 4.57 Å². The fourth-order valence-corrected chi connectivity index (χ4v) is 4.17. The molecule has 142 valence electrons. The Morgan fingerprint density at radius 1 is 1.03 bits per heavy atom. The summed E-state index contributed by atoms with van der Waals surface area (Å²) in [5.74, 6) is 0.182. The molecule has 2 aromatic carbocycles. The summed E-state index contributed by atoms with van der Waals surface area (Å²) in [4.78, 5) is 4.63. The zero-order chi connectivity index (χ0) is 20.0. The Bertz CT molecular complexity index is 1300. The van der Waals surface area contributed by atoms with Crippen LogP contribution in [-0.2, 0) is 13.5 Å². The molecule has 0 unspecified atom stereocenters. The fourth-order valence-electron chi connectivity index (χ4n) is 4.17. The highest BCUT2D eigenvalue weighted by Gasteiger charge is 2.28. The molecule has 3 heterocycles. The molecule has 1 aliphatic heterocycles. The average molecular weight is 380 g/mol. The lowest BCUT2D eigenvalue weighted by Crippen LogP contribution is -2.33. The molecule has 0 fully saturated rings. The molecule has 0 saturated heterocycles. The van der Waals surface area contributed by atoms with Crippen LogP contribution >= 0.6 is 0 Å². The van der Waals surface area contributed by atoms with Crippen molar-refractivity contribution in [3.05, 3.63) is 95.3 Å². The molecule has 4 aromatic rings. The molecule has 5 rings (SSSR count). The van der Waals surface area contributed by atoms with Crippen LogP contribution in [0.4, 0.5) is 5.69 Å². The fraction of sp³-hybridized carbons (Fsp3) is 0.120. The van der Waals surface area contributed by atoms with E-state index < -0.39 is 0 Å². The van der Waals surface area contributed by atoms with Crippen LogP contribution in [0.3, 0.4) is 0 Å². The van der Waals surface area contributed by atoms with Crippen molar-refractivity contribution in [3.63, 3.8) is 0 Å². The van der Waals surface area contributed by atoms with Gasteiger partial charge in [-0.05, 0) is 25.1 Å².